The Kier molecular flexibility index (Phi) is 9.86. The summed E-state index contributed by atoms with van der Waals surface area (Å²) in [5.41, 5.74) is 6.88. The van der Waals surface area contributed by atoms with Crippen LogP contribution in [0.3, 0.4) is 0 Å². The molecule has 0 aliphatic carbocycles. The Bertz CT molecular complexity index is 473. The van der Waals surface area contributed by atoms with Crippen molar-refractivity contribution in [2.45, 2.75) is 45.4 Å². The van der Waals surface area contributed by atoms with Gasteiger partial charge in [0.25, 0.3) is 0 Å². The van der Waals surface area contributed by atoms with Crippen LogP contribution in [0.1, 0.15) is 40.5 Å². The van der Waals surface area contributed by atoms with E-state index in [2.05, 4.69) is 44.8 Å². The molecule has 0 spiro atoms. The zero-order valence-corrected chi connectivity index (χ0v) is 15.5. The Labute approximate surface area is 139 Å². The summed E-state index contributed by atoms with van der Waals surface area (Å²) in [5, 5.41) is 2.93. The van der Waals surface area contributed by atoms with Gasteiger partial charge in [-0.25, -0.2) is 0 Å². The van der Waals surface area contributed by atoms with Gasteiger partial charge in [-0.05, 0) is 56.3 Å². The minimum absolute atomic E-state index is 0.0693. The first-order chi connectivity index (χ1) is 10.3. The zero-order valence-electron chi connectivity index (χ0n) is 14.7. The number of thioether (sulfide) groups is 1. The Morgan fingerprint density at radius 3 is 2.23 bits per heavy atom. The maximum atomic E-state index is 11.9. The minimum Gasteiger partial charge on any atom is -0.333 e. The van der Waals surface area contributed by atoms with Gasteiger partial charge in [0, 0.05) is 17.0 Å². The van der Waals surface area contributed by atoms with E-state index in [4.69, 9.17) is 0 Å². The molecule has 22 heavy (non-hydrogen) atoms. The number of hydrogen-bond donors (Lipinski definition) is 2. The van der Waals surface area contributed by atoms with E-state index < -0.39 is 0 Å². The van der Waals surface area contributed by atoms with Gasteiger partial charge in [-0.15, -0.1) is 11.8 Å². The predicted octanol–water partition coefficient (Wildman–Crippen LogP) is 4.69. The molecule has 1 aromatic carbocycles. The van der Waals surface area contributed by atoms with Crippen molar-refractivity contribution in [1.29, 1.82) is 0 Å². The molecule has 4 heteroatoms. The fraction of sp³-hybridized carbons (Fsp3) is 0.500. The van der Waals surface area contributed by atoms with E-state index in [1.807, 2.05) is 30.5 Å². The van der Waals surface area contributed by atoms with Gasteiger partial charge in [-0.1, -0.05) is 32.4 Å². The van der Waals surface area contributed by atoms with E-state index >= 15 is 0 Å². The van der Waals surface area contributed by atoms with Crippen molar-refractivity contribution in [1.82, 2.24) is 0 Å². The highest BCUT2D eigenvalue weighted by Crippen LogP contribution is 2.25. The lowest BCUT2D eigenvalue weighted by Crippen LogP contribution is -2.11. The predicted molar refractivity (Wildman–Crippen MR) is 99.4 cm³/mol. The molecule has 0 unspecified atom stereocenters. The van der Waals surface area contributed by atoms with E-state index in [9.17, 15) is 4.79 Å². The molecule has 0 heterocycles. The van der Waals surface area contributed by atoms with Crippen LogP contribution in [0.15, 0.2) is 40.8 Å². The highest BCUT2D eigenvalue weighted by molar-refractivity contribution is 7.98. The van der Waals surface area contributed by atoms with Crippen molar-refractivity contribution in [2.75, 3.05) is 18.6 Å². The van der Waals surface area contributed by atoms with Crippen LogP contribution < -0.4 is 11.1 Å². The lowest BCUT2D eigenvalue weighted by Gasteiger charge is -2.19. The van der Waals surface area contributed by atoms with Crippen LogP contribution in [0, 0.1) is 5.41 Å². The normalized spacial score (nSPS) is 11.5. The molecular weight excluding hydrogens is 292 g/mol. The number of anilines is 1. The molecule has 0 saturated heterocycles. The average Bonchev–Trinajstić information content (AvgIpc) is 2.49. The number of rotatable bonds is 5. The van der Waals surface area contributed by atoms with Crippen molar-refractivity contribution in [3.8, 4) is 0 Å². The monoisotopic (exact) mass is 322 g/mol. The van der Waals surface area contributed by atoms with Crippen molar-refractivity contribution in [3.63, 3.8) is 0 Å². The summed E-state index contributed by atoms with van der Waals surface area (Å²) in [6.07, 6.45) is 5.52. The first kappa shape index (κ1) is 20.7. The fourth-order valence-corrected chi connectivity index (χ4v) is 2.03. The second-order valence-corrected chi connectivity index (χ2v) is 6.83. The number of benzene rings is 1. The number of carbonyl (C=O) groups is 1. The number of nitrogens with two attached hydrogens (primary N) is 1. The van der Waals surface area contributed by atoms with Crippen LogP contribution in [0.5, 0.6) is 0 Å². The lowest BCUT2D eigenvalue weighted by molar-refractivity contribution is -0.116. The second-order valence-electron chi connectivity index (χ2n) is 5.95. The standard InChI is InChI=1S/C17H25NOS.CH5N/c1-13(17(2,3)4)7-6-8-16(19)18-14-9-11-15(20-5)12-10-14;1-2/h7,9-12H,6,8H2,1-5H3,(H,18,19);2H2,1H3/b13-7+;. The molecule has 0 atom stereocenters. The third-order valence-electron chi connectivity index (χ3n) is 3.38. The van der Waals surface area contributed by atoms with Crippen molar-refractivity contribution in [3.05, 3.63) is 35.9 Å². The molecule has 0 saturated carbocycles. The molecule has 0 aromatic heterocycles. The molecule has 0 radical (unpaired) electrons. The lowest BCUT2D eigenvalue weighted by atomic mass is 9.87. The first-order valence-corrected chi connectivity index (χ1v) is 8.74. The molecule has 0 bridgehead atoms. The molecule has 124 valence electrons. The van der Waals surface area contributed by atoms with Gasteiger partial charge in [-0.3, -0.25) is 4.79 Å². The Morgan fingerprint density at radius 2 is 1.77 bits per heavy atom. The molecule has 0 aliphatic rings. The van der Waals surface area contributed by atoms with E-state index in [0.29, 0.717) is 6.42 Å². The summed E-state index contributed by atoms with van der Waals surface area (Å²) in [5.74, 6) is 0.0693. The molecule has 3 nitrogen and oxygen atoms in total. The summed E-state index contributed by atoms with van der Waals surface area (Å²) < 4.78 is 0. The highest BCUT2D eigenvalue weighted by atomic mass is 32.2. The Morgan fingerprint density at radius 1 is 1.23 bits per heavy atom. The summed E-state index contributed by atoms with van der Waals surface area (Å²) in [6.45, 7) is 8.68. The third-order valence-corrected chi connectivity index (χ3v) is 4.12. The number of amides is 1. The number of hydrogen-bond acceptors (Lipinski definition) is 3. The Hall–Kier alpha value is -1.26. The smallest absolute Gasteiger partial charge is 0.224 e. The van der Waals surface area contributed by atoms with Gasteiger partial charge in [0.1, 0.15) is 0 Å². The summed E-state index contributed by atoms with van der Waals surface area (Å²) in [6, 6.07) is 7.92. The quantitative estimate of drug-likeness (QED) is 0.610. The fourth-order valence-electron chi connectivity index (χ4n) is 1.62. The van der Waals surface area contributed by atoms with Gasteiger partial charge in [0.05, 0.1) is 0 Å². The largest absolute Gasteiger partial charge is 0.333 e. The van der Waals surface area contributed by atoms with Crippen molar-refractivity contribution >= 4 is 23.4 Å². The molecule has 3 N–H and O–H groups in total. The molecule has 1 aromatic rings. The van der Waals surface area contributed by atoms with Crippen LogP contribution >= 0.6 is 11.8 Å². The van der Waals surface area contributed by atoms with Crippen LogP contribution in [0.4, 0.5) is 5.69 Å². The second kappa shape index (κ2) is 10.5. The van der Waals surface area contributed by atoms with Crippen molar-refractivity contribution < 1.29 is 4.79 Å². The molecule has 1 amide bonds. The van der Waals surface area contributed by atoms with E-state index in [0.717, 1.165) is 12.1 Å². The maximum Gasteiger partial charge on any atom is 0.224 e. The average molecular weight is 323 g/mol. The van der Waals surface area contributed by atoms with Gasteiger partial charge < -0.3 is 11.1 Å². The summed E-state index contributed by atoms with van der Waals surface area (Å²) in [7, 11) is 1.50. The maximum absolute atomic E-state index is 11.9. The highest BCUT2D eigenvalue weighted by Gasteiger charge is 2.11. The third kappa shape index (κ3) is 8.25. The van der Waals surface area contributed by atoms with Crippen molar-refractivity contribution in [2.24, 2.45) is 11.1 Å². The summed E-state index contributed by atoms with van der Waals surface area (Å²) >= 11 is 1.70. The molecule has 0 fully saturated rings. The van der Waals surface area contributed by atoms with E-state index in [1.54, 1.807) is 11.8 Å². The first-order valence-electron chi connectivity index (χ1n) is 7.52. The van der Waals surface area contributed by atoms with E-state index in [1.165, 1.54) is 17.5 Å². The molecular formula is C18H30N2OS. The van der Waals surface area contributed by atoms with Gasteiger partial charge in [0.2, 0.25) is 5.91 Å². The van der Waals surface area contributed by atoms with E-state index in [-0.39, 0.29) is 11.3 Å². The van der Waals surface area contributed by atoms with Crippen LogP contribution in [0.25, 0.3) is 0 Å². The Balaban J connectivity index is 0.00000211. The molecule has 1 rings (SSSR count). The van der Waals surface area contributed by atoms with Crippen LogP contribution in [-0.4, -0.2) is 19.2 Å². The zero-order chi connectivity index (χ0) is 17.2. The summed E-state index contributed by atoms with van der Waals surface area (Å²) in [4.78, 5) is 13.1. The topological polar surface area (TPSA) is 55.1 Å². The van der Waals surface area contributed by atoms with Crippen LogP contribution in [0.2, 0.25) is 0 Å². The van der Waals surface area contributed by atoms with Gasteiger partial charge >= 0.3 is 0 Å². The number of allylic oxidation sites excluding steroid dienone is 2. The van der Waals surface area contributed by atoms with Crippen LogP contribution in [-0.2, 0) is 4.79 Å². The number of nitrogens with one attached hydrogen (secondary N) is 1. The molecule has 0 aliphatic heterocycles. The van der Waals surface area contributed by atoms with Gasteiger partial charge in [0.15, 0.2) is 0 Å². The minimum atomic E-state index is 0.0693. The number of carbonyl (C=O) groups excluding carboxylic acids is 1. The SMILES string of the molecule is CN.CSc1ccc(NC(=O)CC/C=C(\C)C(C)(C)C)cc1. The van der Waals surface area contributed by atoms with Gasteiger partial charge in [-0.2, -0.15) is 0 Å².